The predicted octanol–water partition coefficient (Wildman–Crippen LogP) is 10.2. The van der Waals surface area contributed by atoms with Crippen LogP contribution in [-0.2, 0) is 9.53 Å². The number of unbranched alkanes of at least 4 members (excludes halogenated alkanes) is 13. The Bertz CT molecular complexity index is 982. The van der Waals surface area contributed by atoms with E-state index in [1.54, 1.807) is 6.92 Å². The van der Waals surface area contributed by atoms with Crippen molar-refractivity contribution in [2.45, 2.75) is 110 Å². The summed E-state index contributed by atoms with van der Waals surface area (Å²) in [7, 11) is 0. The van der Waals surface area contributed by atoms with E-state index < -0.39 is 0 Å². The lowest BCUT2D eigenvalue weighted by Gasteiger charge is -2.07. The number of esters is 1. The quantitative estimate of drug-likeness (QED) is 0.0552. The maximum absolute atomic E-state index is 11.3. The van der Waals surface area contributed by atoms with E-state index in [0.29, 0.717) is 12.2 Å². The second-order valence-electron chi connectivity index (χ2n) is 10.9. The van der Waals surface area contributed by atoms with Crippen LogP contribution in [0.5, 0.6) is 11.5 Å². The first-order valence-corrected chi connectivity index (χ1v) is 15.9. The molecule has 226 valence electrons. The minimum absolute atomic E-state index is 0.280. The van der Waals surface area contributed by atoms with Crippen LogP contribution in [0.15, 0.2) is 65.7 Å². The zero-order chi connectivity index (χ0) is 29.4. The van der Waals surface area contributed by atoms with E-state index in [0.717, 1.165) is 61.6 Å². The maximum Gasteiger partial charge on any atom is 0.333 e. The molecule has 5 nitrogen and oxygen atoms in total. The van der Waals surface area contributed by atoms with Crippen molar-refractivity contribution in [1.82, 2.24) is 0 Å². The molecule has 41 heavy (non-hydrogen) atoms. The predicted molar refractivity (Wildman–Crippen MR) is 172 cm³/mol. The molecule has 0 radical (unpaired) electrons. The van der Waals surface area contributed by atoms with Crippen molar-refractivity contribution in [3.8, 4) is 11.5 Å². The fourth-order valence-electron chi connectivity index (χ4n) is 4.42. The normalized spacial score (nSPS) is 11.1. The Morgan fingerprint density at radius 3 is 1.59 bits per heavy atom. The van der Waals surface area contributed by atoms with Gasteiger partial charge in [0.05, 0.1) is 25.5 Å². The Hall–Kier alpha value is -3.08. The van der Waals surface area contributed by atoms with Gasteiger partial charge in [-0.1, -0.05) is 90.6 Å². The third-order valence-corrected chi connectivity index (χ3v) is 6.99. The first-order valence-electron chi connectivity index (χ1n) is 15.9. The Kier molecular flexibility index (Phi) is 18.8. The molecule has 0 bridgehead atoms. The number of carbonyl (C=O) groups is 1. The third kappa shape index (κ3) is 17.4. The lowest BCUT2D eigenvalue weighted by atomic mass is 10.1. The number of benzene rings is 2. The number of aliphatic imine (C=N–C) groups is 1. The molecule has 0 aliphatic heterocycles. The summed E-state index contributed by atoms with van der Waals surface area (Å²) in [5.41, 5.74) is 2.43. The van der Waals surface area contributed by atoms with Crippen LogP contribution >= 0.6 is 0 Å². The smallest absolute Gasteiger partial charge is 0.333 e. The molecule has 2 aromatic carbocycles. The Morgan fingerprint density at radius 2 is 1.10 bits per heavy atom. The molecule has 0 unspecified atom stereocenters. The summed E-state index contributed by atoms with van der Waals surface area (Å²) >= 11 is 0. The molecule has 0 saturated heterocycles. The van der Waals surface area contributed by atoms with Gasteiger partial charge in [0.2, 0.25) is 0 Å². The molecule has 5 heteroatoms. The fraction of sp³-hybridized carbons (Fsp3) is 0.556. The van der Waals surface area contributed by atoms with E-state index >= 15 is 0 Å². The summed E-state index contributed by atoms with van der Waals surface area (Å²) in [4.78, 5) is 15.9. The summed E-state index contributed by atoms with van der Waals surface area (Å²) in [5.74, 6) is 1.53. The fourth-order valence-corrected chi connectivity index (χ4v) is 4.42. The first-order chi connectivity index (χ1) is 20.1. The van der Waals surface area contributed by atoms with Crippen LogP contribution < -0.4 is 9.47 Å². The van der Waals surface area contributed by atoms with E-state index in [-0.39, 0.29) is 5.97 Å². The lowest BCUT2D eigenvalue weighted by molar-refractivity contribution is -0.139. The topological polar surface area (TPSA) is 57.1 Å². The zero-order valence-corrected chi connectivity index (χ0v) is 25.7. The second kappa shape index (κ2) is 22.6. The molecular weight excluding hydrogens is 510 g/mol. The highest BCUT2D eigenvalue weighted by Crippen LogP contribution is 2.19. The van der Waals surface area contributed by atoms with Crippen LogP contribution in [-0.4, -0.2) is 32.0 Å². The van der Waals surface area contributed by atoms with Gasteiger partial charge in [-0.3, -0.25) is 4.99 Å². The SMILES string of the molecule is C=C(C)C(=O)OCCCCCCCCCCCOc1ccc(C=Nc2ccc(OCCCCCCCC)cc2)cc1. The van der Waals surface area contributed by atoms with Crippen molar-refractivity contribution >= 4 is 17.9 Å². The van der Waals surface area contributed by atoms with E-state index in [4.69, 9.17) is 14.2 Å². The van der Waals surface area contributed by atoms with Crippen LogP contribution in [0.2, 0.25) is 0 Å². The van der Waals surface area contributed by atoms with Crippen LogP contribution in [0, 0.1) is 0 Å². The Labute approximate surface area is 249 Å². The summed E-state index contributed by atoms with van der Waals surface area (Å²) in [6, 6.07) is 16.1. The standard InChI is InChI=1S/C36H53NO4/c1-4-5-6-7-13-16-28-40-35-25-21-33(22-26-35)37-30-32-19-23-34(24-20-32)39-27-17-14-11-9-8-10-12-15-18-29-41-36(38)31(2)3/h19-26,30H,2,4-18,27-29H2,1,3H3. The lowest BCUT2D eigenvalue weighted by Crippen LogP contribution is -2.05. The number of nitrogens with zero attached hydrogens (tertiary/aromatic N) is 1. The summed E-state index contributed by atoms with van der Waals surface area (Å²) in [6.07, 6.45) is 20.1. The monoisotopic (exact) mass is 563 g/mol. The van der Waals surface area contributed by atoms with Gasteiger partial charge in [-0.05, 0) is 80.3 Å². The van der Waals surface area contributed by atoms with Crippen LogP contribution in [0.1, 0.15) is 116 Å². The molecule has 0 aliphatic carbocycles. The van der Waals surface area contributed by atoms with Gasteiger partial charge in [-0.2, -0.15) is 0 Å². The van der Waals surface area contributed by atoms with Crippen molar-refractivity contribution in [3.05, 3.63) is 66.2 Å². The average molecular weight is 564 g/mol. The van der Waals surface area contributed by atoms with Gasteiger partial charge < -0.3 is 14.2 Å². The maximum atomic E-state index is 11.3. The minimum atomic E-state index is -0.280. The molecule has 0 heterocycles. The van der Waals surface area contributed by atoms with Gasteiger partial charge in [0, 0.05) is 11.8 Å². The Morgan fingerprint density at radius 1 is 0.659 bits per heavy atom. The molecule has 0 fully saturated rings. The minimum Gasteiger partial charge on any atom is -0.494 e. The van der Waals surface area contributed by atoms with Crippen molar-refractivity contribution in [1.29, 1.82) is 0 Å². The van der Waals surface area contributed by atoms with Crippen molar-refractivity contribution in [2.24, 2.45) is 4.99 Å². The highest BCUT2D eigenvalue weighted by atomic mass is 16.5. The molecule has 0 N–H and O–H groups in total. The second-order valence-corrected chi connectivity index (χ2v) is 10.9. The summed E-state index contributed by atoms with van der Waals surface area (Å²) in [6.45, 7) is 9.55. The van der Waals surface area contributed by atoms with E-state index in [1.807, 2.05) is 54.7 Å². The molecule has 2 aromatic rings. The number of hydrogen-bond donors (Lipinski definition) is 0. The third-order valence-electron chi connectivity index (χ3n) is 6.99. The molecule has 0 atom stereocenters. The van der Waals surface area contributed by atoms with Gasteiger partial charge >= 0.3 is 5.97 Å². The van der Waals surface area contributed by atoms with Crippen molar-refractivity contribution in [3.63, 3.8) is 0 Å². The molecule has 0 amide bonds. The highest BCUT2D eigenvalue weighted by Gasteiger charge is 2.02. The van der Waals surface area contributed by atoms with Crippen LogP contribution in [0.3, 0.4) is 0 Å². The van der Waals surface area contributed by atoms with Crippen LogP contribution in [0.25, 0.3) is 0 Å². The van der Waals surface area contributed by atoms with E-state index in [1.165, 1.54) is 70.6 Å². The number of ether oxygens (including phenoxy) is 3. The van der Waals surface area contributed by atoms with Gasteiger partial charge in [0.1, 0.15) is 11.5 Å². The molecule has 2 rings (SSSR count). The largest absolute Gasteiger partial charge is 0.494 e. The van der Waals surface area contributed by atoms with Gasteiger partial charge in [0.25, 0.3) is 0 Å². The van der Waals surface area contributed by atoms with Gasteiger partial charge in [-0.25, -0.2) is 4.79 Å². The van der Waals surface area contributed by atoms with Crippen molar-refractivity contribution < 1.29 is 19.0 Å². The average Bonchev–Trinajstić information content (AvgIpc) is 2.99. The van der Waals surface area contributed by atoms with Gasteiger partial charge in [-0.15, -0.1) is 0 Å². The first kappa shape index (κ1) is 34.1. The summed E-state index contributed by atoms with van der Waals surface area (Å²) in [5, 5.41) is 0. The highest BCUT2D eigenvalue weighted by molar-refractivity contribution is 5.86. The summed E-state index contributed by atoms with van der Waals surface area (Å²) < 4.78 is 16.9. The zero-order valence-electron chi connectivity index (χ0n) is 25.7. The Balaban J connectivity index is 1.48. The molecule has 0 spiro atoms. The molecular formula is C36H53NO4. The van der Waals surface area contributed by atoms with Crippen molar-refractivity contribution in [2.75, 3.05) is 19.8 Å². The molecule has 0 saturated carbocycles. The molecule has 0 aliphatic rings. The van der Waals surface area contributed by atoms with Crippen LogP contribution in [0.4, 0.5) is 5.69 Å². The number of carbonyl (C=O) groups excluding carboxylic acids is 1. The van der Waals surface area contributed by atoms with E-state index in [9.17, 15) is 4.79 Å². The number of hydrogen-bond acceptors (Lipinski definition) is 5. The van der Waals surface area contributed by atoms with Gasteiger partial charge in [0.15, 0.2) is 0 Å². The van der Waals surface area contributed by atoms with E-state index in [2.05, 4.69) is 18.5 Å². The molecule has 0 aromatic heterocycles. The number of rotatable bonds is 24.